The minimum absolute atomic E-state index is 0.110. The van der Waals surface area contributed by atoms with Crippen LogP contribution in [0.3, 0.4) is 0 Å². The van der Waals surface area contributed by atoms with Crippen molar-refractivity contribution in [3.63, 3.8) is 0 Å². The molecule has 1 aliphatic heterocycles. The number of aromatic amines is 1. The Morgan fingerprint density at radius 2 is 2.03 bits per heavy atom. The van der Waals surface area contributed by atoms with Gasteiger partial charge in [0.1, 0.15) is 12.0 Å². The lowest BCUT2D eigenvalue weighted by Crippen LogP contribution is -2.44. The van der Waals surface area contributed by atoms with E-state index in [1.807, 2.05) is 35.0 Å². The molecule has 3 aromatic rings. The van der Waals surface area contributed by atoms with Gasteiger partial charge in [-0.25, -0.2) is 0 Å². The Bertz CT molecular complexity index is 1120. The van der Waals surface area contributed by atoms with E-state index < -0.39 is 0 Å². The van der Waals surface area contributed by atoms with Crippen LogP contribution >= 0.6 is 11.6 Å². The second kappa shape index (κ2) is 11.6. The van der Waals surface area contributed by atoms with Crippen LogP contribution in [0.1, 0.15) is 48.5 Å². The van der Waals surface area contributed by atoms with Crippen LogP contribution in [0.5, 0.6) is 0 Å². The number of unbranched alkanes of at least 4 members (excludes halogenated alkanes) is 1. The van der Waals surface area contributed by atoms with Crippen molar-refractivity contribution in [2.24, 2.45) is 0 Å². The molecular weight excluding hydrogens is 446 g/mol. The highest BCUT2D eigenvalue weighted by molar-refractivity contribution is 6.30. The normalized spacial score (nSPS) is 15.1. The van der Waals surface area contributed by atoms with Crippen LogP contribution in [-0.2, 0) is 11.3 Å². The topological polar surface area (TPSA) is 113 Å². The predicted molar refractivity (Wildman–Crippen MR) is 125 cm³/mol. The van der Waals surface area contributed by atoms with E-state index in [1.54, 1.807) is 11.9 Å². The van der Waals surface area contributed by atoms with E-state index >= 15 is 0 Å². The highest BCUT2D eigenvalue weighted by Crippen LogP contribution is 2.29. The van der Waals surface area contributed by atoms with Gasteiger partial charge in [0.2, 0.25) is 0 Å². The maximum Gasteiger partial charge on any atom is 0.280 e. The summed E-state index contributed by atoms with van der Waals surface area (Å²) < 4.78 is 6.54. The van der Waals surface area contributed by atoms with E-state index in [9.17, 15) is 14.4 Å². The monoisotopic (exact) mass is 473 g/mol. The quantitative estimate of drug-likeness (QED) is 0.485. The number of carbonyl (C=O) groups excluding carboxylic acids is 2. The second-order valence-electron chi connectivity index (χ2n) is 7.75. The number of nitrogens with one attached hydrogen (secondary N) is 2. The highest BCUT2D eigenvalue weighted by Gasteiger charge is 2.32. The molecule has 0 saturated heterocycles. The van der Waals surface area contributed by atoms with Gasteiger partial charge < -0.3 is 19.5 Å². The Balaban J connectivity index is 0.000000286. The molecule has 4 rings (SSSR count). The third-order valence-corrected chi connectivity index (χ3v) is 5.52. The number of benzene rings is 1. The number of carbonyl (C=O) groups is 2. The first-order chi connectivity index (χ1) is 16.0. The number of aldehydes is 1. The number of fused-ring (bicyclic) bond motifs is 1. The summed E-state index contributed by atoms with van der Waals surface area (Å²) in [7, 11) is 1.78. The number of nitrogens with zero attached hydrogens (tertiary/aromatic N) is 3. The van der Waals surface area contributed by atoms with Crippen LogP contribution in [0.2, 0.25) is 5.02 Å². The largest absolute Gasteiger partial charge is 0.382 e. The molecule has 3 heterocycles. The Kier molecular flexibility index (Phi) is 8.62. The zero-order chi connectivity index (χ0) is 23.8. The molecule has 0 aliphatic carbocycles. The van der Waals surface area contributed by atoms with Crippen molar-refractivity contribution in [1.82, 2.24) is 25.2 Å². The average Bonchev–Trinajstić information content (AvgIpc) is 3.43. The van der Waals surface area contributed by atoms with E-state index in [1.165, 1.54) is 6.07 Å². The van der Waals surface area contributed by atoms with Gasteiger partial charge in [-0.05, 0) is 31.7 Å². The number of amides is 1. The van der Waals surface area contributed by atoms with E-state index in [2.05, 4.69) is 22.5 Å². The molecule has 0 radical (unpaired) electrons. The third-order valence-electron chi connectivity index (χ3n) is 5.27. The number of rotatable bonds is 8. The Labute approximate surface area is 196 Å². The summed E-state index contributed by atoms with van der Waals surface area (Å²) in [5, 5.41) is 10.4. The Morgan fingerprint density at radius 1 is 1.27 bits per heavy atom. The van der Waals surface area contributed by atoms with Crippen molar-refractivity contribution >= 4 is 23.8 Å². The third kappa shape index (κ3) is 6.21. The van der Waals surface area contributed by atoms with Crippen LogP contribution in [0.15, 0.2) is 45.7 Å². The number of hydrogen-bond acceptors (Lipinski definition) is 6. The molecule has 176 valence electrons. The molecule has 9 nitrogen and oxygen atoms in total. The molecule has 0 fully saturated rings. The van der Waals surface area contributed by atoms with Gasteiger partial charge in [0.25, 0.3) is 11.5 Å². The van der Waals surface area contributed by atoms with Gasteiger partial charge in [-0.1, -0.05) is 43.5 Å². The molecule has 2 aromatic heterocycles. The summed E-state index contributed by atoms with van der Waals surface area (Å²) in [6, 6.07) is 10.7. The summed E-state index contributed by atoms with van der Waals surface area (Å²) in [6.45, 7) is 3.38. The summed E-state index contributed by atoms with van der Waals surface area (Å²) in [5.41, 5.74) is 2.03. The lowest BCUT2D eigenvalue weighted by molar-refractivity contribution is -0.108. The standard InChI is InChI=1S/C18H20ClN3O2.C5H8N2O2/c1-2-3-4-15-12-21(9-10-23)18(24)17-11-16(20-22(15)17)13-5-7-14(19)8-6-13;1-6-3-4-2-5(8)7-9-4/h5-8,10-11,15H,2-4,9,12H2,1H3;2,6H,3H2,1H3,(H,7,8). The average molecular weight is 474 g/mol. The molecule has 0 spiro atoms. The van der Waals surface area contributed by atoms with Crippen LogP contribution in [0.4, 0.5) is 0 Å². The maximum absolute atomic E-state index is 12.6. The van der Waals surface area contributed by atoms with Gasteiger partial charge in [-0.2, -0.15) is 10.3 Å². The second-order valence-corrected chi connectivity index (χ2v) is 8.18. The first-order valence-electron chi connectivity index (χ1n) is 10.9. The zero-order valence-electron chi connectivity index (χ0n) is 18.7. The first-order valence-corrected chi connectivity index (χ1v) is 11.2. The summed E-state index contributed by atoms with van der Waals surface area (Å²) in [5.74, 6) is 0.491. The molecule has 0 bridgehead atoms. The van der Waals surface area contributed by atoms with Gasteiger partial charge in [-0.15, -0.1) is 0 Å². The summed E-state index contributed by atoms with van der Waals surface area (Å²) in [6.07, 6.45) is 3.86. The van der Waals surface area contributed by atoms with Gasteiger partial charge in [0.15, 0.2) is 5.76 Å². The number of H-pyrrole nitrogens is 1. The van der Waals surface area contributed by atoms with Gasteiger partial charge in [0.05, 0.1) is 24.8 Å². The van der Waals surface area contributed by atoms with Crippen LogP contribution in [-0.4, -0.2) is 52.2 Å². The van der Waals surface area contributed by atoms with E-state index in [4.69, 9.17) is 16.1 Å². The lowest BCUT2D eigenvalue weighted by Gasteiger charge is -2.32. The fraction of sp³-hybridized carbons (Fsp3) is 0.391. The Morgan fingerprint density at radius 3 is 2.64 bits per heavy atom. The Hall–Kier alpha value is -3.17. The lowest BCUT2D eigenvalue weighted by atomic mass is 10.1. The predicted octanol–water partition coefficient (Wildman–Crippen LogP) is 3.28. The van der Waals surface area contributed by atoms with Crippen molar-refractivity contribution in [3.8, 4) is 11.3 Å². The van der Waals surface area contributed by atoms with Crippen LogP contribution in [0, 0.1) is 0 Å². The van der Waals surface area contributed by atoms with E-state index in [0.717, 1.165) is 36.8 Å². The van der Waals surface area contributed by atoms with Gasteiger partial charge in [0, 0.05) is 23.2 Å². The molecule has 1 amide bonds. The van der Waals surface area contributed by atoms with Gasteiger partial charge in [-0.3, -0.25) is 14.3 Å². The summed E-state index contributed by atoms with van der Waals surface area (Å²) >= 11 is 5.94. The molecule has 1 atom stereocenters. The molecule has 1 unspecified atom stereocenters. The number of aromatic nitrogens is 3. The minimum atomic E-state index is -0.194. The molecule has 33 heavy (non-hydrogen) atoms. The SMILES string of the molecule is CCCCC1CN(CC=O)C(=O)c2cc(-c3ccc(Cl)cc3)nn21.CNCc1cc(=O)[nH]o1. The number of halogens is 1. The molecule has 10 heteroatoms. The minimum Gasteiger partial charge on any atom is -0.382 e. The smallest absolute Gasteiger partial charge is 0.280 e. The maximum atomic E-state index is 12.6. The first kappa shape index (κ1) is 24.5. The van der Waals surface area contributed by atoms with Crippen LogP contribution < -0.4 is 10.9 Å². The highest BCUT2D eigenvalue weighted by atomic mass is 35.5. The van der Waals surface area contributed by atoms with E-state index in [0.29, 0.717) is 29.6 Å². The van der Waals surface area contributed by atoms with Crippen LogP contribution in [0.25, 0.3) is 11.3 Å². The fourth-order valence-electron chi connectivity index (χ4n) is 3.65. The van der Waals surface area contributed by atoms with Crippen molar-refractivity contribution in [3.05, 3.63) is 63.2 Å². The molecule has 1 aromatic carbocycles. The zero-order valence-corrected chi connectivity index (χ0v) is 19.5. The molecule has 0 saturated carbocycles. The van der Waals surface area contributed by atoms with Gasteiger partial charge >= 0.3 is 0 Å². The molecular formula is C23H28ClN5O4. The number of hydrogen-bond donors (Lipinski definition) is 2. The van der Waals surface area contributed by atoms with Crippen molar-refractivity contribution in [1.29, 1.82) is 0 Å². The van der Waals surface area contributed by atoms with Crippen molar-refractivity contribution in [2.45, 2.75) is 38.8 Å². The van der Waals surface area contributed by atoms with Crippen molar-refractivity contribution in [2.75, 3.05) is 20.1 Å². The van der Waals surface area contributed by atoms with Crippen molar-refractivity contribution < 1.29 is 14.1 Å². The fourth-order valence-corrected chi connectivity index (χ4v) is 3.78. The molecule has 2 N–H and O–H groups in total. The molecule has 1 aliphatic rings. The van der Waals surface area contributed by atoms with E-state index in [-0.39, 0.29) is 24.1 Å². The summed E-state index contributed by atoms with van der Waals surface area (Å²) in [4.78, 5) is 35.5.